The quantitative estimate of drug-likeness (QED) is 0.771. The van der Waals surface area contributed by atoms with Gasteiger partial charge in [0.15, 0.2) is 0 Å². The Morgan fingerprint density at radius 2 is 1.59 bits per heavy atom. The lowest BCUT2D eigenvalue weighted by atomic mass is 10.1. The van der Waals surface area contributed by atoms with Crippen molar-refractivity contribution >= 4 is 0 Å². The van der Waals surface area contributed by atoms with Crippen LogP contribution in [0, 0.1) is 5.92 Å². The van der Waals surface area contributed by atoms with Crippen LogP contribution in [-0.2, 0) is 17.7 Å². The number of hydrogen-bond donors (Lipinski definition) is 0. The van der Waals surface area contributed by atoms with E-state index in [1.54, 1.807) is 0 Å². The molecule has 2 aromatic rings. The van der Waals surface area contributed by atoms with Gasteiger partial charge in [0.25, 0.3) is 0 Å². The topological polar surface area (TPSA) is 12.5 Å². The van der Waals surface area contributed by atoms with E-state index >= 15 is 0 Å². The van der Waals surface area contributed by atoms with E-state index in [0.717, 1.165) is 39.3 Å². The molecule has 0 N–H and O–H groups in total. The highest BCUT2D eigenvalue weighted by atomic mass is 16.5. The fourth-order valence-corrected chi connectivity index (χ4v) is 3.10. The van der Waals surface area contributed by atoms with Crippen molar-refractivity contribution in [2.24, 2.45) is 5.92 Å². The van der Waals surface area contributed by atoms with Crippen molar-refractivity contribution in [3.05, 3.63) is 71.8 Å². The summed E-state index contributed by atoms with van der Waals surface area (Å²) in [5.41, 5.74) is 2.82. The number of rotatable bonds is 7. The second-order valence-electron chi connectivity index (χ2n) is 6.19. The van der Waals surface area contributed by atoms with E-state index < -0.39 is 0 Å². The first-order valence-corrected chi connectivity index (χ1v) is 8.28. The van der Waals surface area contributed by atoms with E-state index in [2.05, 4.69) is 65.6 Å². The minimum atomic E-state index is 0.694. The molecule has 1 heterocycles. The standard InChI is InChI=1S/C20H25NO/c1-3-7-18(8-4-1)11-13-21(16-20-12-14-22-17-20)15-19-9-5-2-6-10-19/h1-10,20H,11-17H2. The summed E-state index contributed by atoms with van der Waals surface area (Å²) in [5, 5.41) is 0. The molecule has 0 radical (unpaired) electrons. The summed E-state index contributed by atoms with van der Waals surface area (Å²) in [6.45, 7) is 5.14. The number of hydrogen-bond acceptors (Lipinski definition) is 2. The van der Waals surface area contributed by atoms with Crippen molar-refractivity contribution in [3.8, 4) is 0 Å². The molecule has 0 saturated carbocycles. The maximum Gasteiger partial charge on any atom is 0.0507 e. The molecule has 116 valence electrons. The second kappa shape index (κ2) is 8.11. The smallest absolute Gasteiger partial charge is 0.0507 e. The van der Waals surface area contributed by atoms with E-state index in [9.17, 15) is 0 Å². The van der Waals surface area contributed by atoms with Crippen molar-refractivity contribution in [3.63, 3.8) is 0 Å². The number of benzene rings is 2. The van der Waals surface area contributed by atoms with Gasteiger partial charge in [0.1, 0.15) is 0 Å². The fourth-order valence-electron chi connectivity index (χ4n) is 3.10. The van der Waals surface area contributed by atoms with Gasteiger partial charge in [-0.15, -0.1) is 0 Å². The summed E-state index contributed by atoms with van der Waals surface area (Å²) in [5.74, 6) is 0.694. The predicted octanol–water partition coefficient (Wildman–Crippen LogP) is 3.77. The molecular formula is C20H25NO. The van der Waals surface area contributed by atoms with E-state index in [0.29, 0.717) is 5.92 Å². The number of nitrogens with zero attached hydrogens (tertiary/aromatic N) is 1. The highest BCUT2D eigenvalue weighted by Gasteiger charge is 2.19. The number of ether oxygens (including phenoxy) is 1. The van der Waals surface area contributed by atoms with Crippen LogP contribution in [0.2, 0.25) is 0 Å². The third-order valence-corrected chi connectivity index (χ3v) is 4.35. The second-order valence-corrected chi connectivity index (χ2v) is 6.19. The maximum atomic E-state index is 5.54. The van der Waals surface area contributed by atoms with Crippen LogP contribution in [0.25, 0.3) is 0 Å². The Hall–Kier alpha value is -1.64. The van der Waals surface area contributed by atoms with Gasteiger partial charge in [-0.3, -0.25) is 4.90 Å². The molecule has 2 heteroatoms. The summed E-state index contributed by atoms with van der Waals surface area (Å²) in [4.78, 5) is 2.58. The average molecular weight is 295 g/mol. The fraction of sp³-hybridized carbons (Fsp3) is 0.400. The van der Waals surface area contributed by atoms with Crippen LogP contribution >= 0.6 is 0 Å². The Balaban J connectivity index is 1.60. The molecule has 22 heavy (non-hydrogen) atoms. The largest absolute Gasteiger partial charge is 0.381 e. The molecule has 0 amide bonds. The van der Waals surface area contributed by atoms with Crippen molar-refractivity contribution in [1.82, 2.24) is 4.90 Å². The molecule has 0 spiro atoms. The Morgan fingerprint density at radius 3 is 2.23 bits per heavy atom. The molecule has 0 aliphatic carbocycles. The van der Waals surface area contributed by atoms with Gasteiger partial charge < -0.3 is 4.74 Å². The molecule has 0 bridgehead atoms. The predicted molar refractivity (Wildman–Crippen MR) is 90.8 cm³/mol. The van der Waals surface area contributed by atoms with Gasteiger partial charge >= 0.3 is 0 Å². The van der Waals surface area contributed by atoms with Crippen LogP contribution in [0.1, 0.15) is 17.5 Å². The van der Waals surface area contributed by atoms with Crippen molar-refractivity contribution in [2.45, 2.75) is 19.4 Å². The van der Waals surface area contributed by atoms with Crippen LogP contribution in [0.3, 0.4) is 0 Å². The molecule has 1 saturated heterocycles. The van der Waals surface area contributed by atoms with Crippen molar-refractivity contribution in [2.75, 3.05) is 26.3 Å². The third-order valence-electron chi connectivity index (χ3n) is 4.35. The molecule has 1 unspecified atom stereocenters. The Morgan fingerprint density at radius 1 is 0.909 bits per heavy atom. The molecule has 0 aromatic heterocycles. The SMILES string of the molecule is c1ccc(CCN(Cc2ccccc2)CC2CCOC2)cc1. The van der Waals surface area contributed by atoms with Gasteiger partial charge in [0, 0.05) is 26.2 Å². The zero-order valence-corrected chi connectivity index (χ0v) is 13.2. The van der Waals surface area contributed by atoms with E-state index in [1.165, 1.54) is 17.5 Å². The summed E-state index contributed by atoms with van der Waals surface area (Å²) in [7, 11) is 0. The monoisotopic (exact) mass is 295 g/mol. The van der Waals surface area contributed by atoms with Crippen molar-refractivity contribution < 1.29 is 4.74 Å². The van der Waals surface area contributed by atoms with Crippen LogP contribution in [0.5, 0.6) is 0 Å². The highest BCUT2D eigenvalue weighted by molar-refractivity contribution is 5.16. The first kappa shape index (κ1) is 15.3. The minimum Gasteiger partial charge on any atom is -0.381 e. The molecular weight excluding hydrogens is 270 g/mol. The van der Waals surface area contributed by atoms with Crippen LogP contribution < -0.4 is 0 Å². The van der Waals surface area contributed by atoms with Crippen LogP contribution in [0.15, 0.2) is 60.7 Å². The van der Waals surface area contributed by atoms with Gasteiger partial charge in [-0.2, -0.15) is 0 Å². The lowest BCUT2D eigenvalue weighted by Crippen LogP contribution is -2.31. The Kier molecular flexibility index (Phi) is 5.63. The summed E-state index contributed by atoms with van der Waals surface area (Å²) < 4.78 is 5.54. The molecule has 1 fully saturated rings. The zero-order valence-electron chi connectivity index (χ0n) is 13.2. The molecule has 3 rings (SSSR count). The van der Waals surface area contributed by atoms with Crippen molar-refractivity contribution in [1.29, 1.82) is 0 Å². The first-order valence-electron chi connectivity index (χ1n) is 8.28. The average Bonchev–Trinajstić information content (AvgIpc) is 3.08. The Labute approximate surface area is 133 Å². The van der Waals surface area contributed by atoms with Gasteiger partial charge in [0.2, 0.25) is 0 Å². The Bertz CT molecular complexity index is 534. The molecule has 2 aromatic carbocycles. The third kappa shape index (κ3) is 4.69. The minimum absolute atomic E-state index is 0.694. The van der Waals surface area contributed by atoms with E-state index in [1.807, 2.05) is 0 Å². The first-order chi connectivity index (χ1) is 10.9. The molecule has 1 aliphatic rings. The summed E-state index contributed by atoms with van der Waals surface area (Å²) in [6, 6.07) is 21.6. The van der Waals surface area contributed by atoms with E-state index in [4.69, 9.17) is 4.74 Å². The zero-order chi connectivity index (χ0) is 15.0. The lowest BCUT2D eigenvalue weighted by molar-refractivity contribution is 0.165. The summed E-state index contributed by atoms with van der Waals surface area (Å²) in [6.07, 6.45) is 2.32. The van der Waals surface area contributed by atoms with Gasteiger partial charge in [-0.1, -0.05) is 60.7 Å². The molecule has 1 aliphatic heterocycles. The van der Waals surface area contributed by atoms with Gasteiger partial charge in [-0.05, 0) is 29.9 Å². The van der Waals surface area contributed by atoms with E-state index in [-0.39, 0.29) is 0 Å². The normalized spacial score (nSPS) is 18.0. The van der Waals surface area contributed by atoms with Gasteiger partial charge in [-0.25, -0.2) is 0 Å². The van der Waals surface area contributed by atoms with Crippen LogP contribution in [0.4, 0.5) is 0 Å². The van der Waals surface area contributed by atoms with Crippen LogP contribution in [-0.4, -0.2) is 31.2 Å². The molecule has 2 nitrogen and oxygen atoms in total. The highest BCUT2D eigenvalue weighted by Crippen LogP contribution is 2.16. The maximum absolute atomic E-state index is 5.54. The van der Waals surface area contributed by atoms with Gasteiger partial charge in [0.05, 0.1) is 6.61 Å². The lowest BCUT2D eigenvalue weighted by Gasteiger charge is -2.25. The summed E-state index contributed by atoms with van der Waals surface area (Å²) >= 11 is 0. The molecule has 1 atom stereocenters.